The summed E-state index contributed by atoms with van der Waals surface area (Å²) >= 11 is 6.04. The zero-order valence-corrected chi connectivity index (χ0v) is 12.9. The Hall–Kier alpha value is -1.32. The maximum absolute atomic E-state index is 6.04. The second-order valence-electron chi connectivity index (χ2n) is 4.71. The molecule has 0 saturated carbocycles. The van der Waals surface area contributed by atoms with Gasteiger partial charge in [0.15, 0.2) is 0 Å². The van der Waals surface area contributed by atoms with Gasteiger partial charge in [0.05, 0.1) is 6.61 Å². The highest BCUT2D eigenvalue weighted by Crippen LogP contribution is 2.26. The summed E-state index contributed by atoms with van der Waals surface area (Å²) in [6, 6.07) is 7.74. The first-order valence-corrected chi connectivity index (χ1v) is 7.51. The Balaban J connectivity index is 1.98. The predicted octanol–water partition coefficient (Wildman–Crippen LogP) is 4.00. The van der Waals surface area contributed by atoms with Gasteiger partial charge in [-0.3, -0.25) is 0 Å². The number of hydrogen-bond acceptors (Lipinski definition) is 3. The minimum Gasteiger partial charge on any atom is -0.477 e. The Bertz CT molecular complexity index is 555. The summed E-state index contributed by atoms with van der Waals surface area (Å²) in [6.07, 6.45) is 2.77. The van der Waals surface area contributed by atoms with Gasteiger partial charge in [-0.2, -0.15) is 0 Å². The molecule has 108 valence electrons. The lowest BCUT2D eigenvalue weighted by Gasteiger charge is -2.17. The molecule has 1 aromatic heterocycles. The van der Waals surface area contributed by atoms with Crippen molar-refractivity contribution >= 4 is 22.4 Å². The molecule has 0 spiro atoms. The van der Waals surface area contributed by atoms with Gasteiger partial charge in [0.2, 0.25) is 5.88 Å². The summed E-state index contributed by atoms with van der Waals surface area (Å²) in [6.45, 7) is 8.25. The molecular weight excluding hydrogens is 272 g/mol. The van der Waals surface area contributed by atoms with Crippen LogP contribution in [0, 0.1) is 0 Å². The van der Waals surface area contributed by atoms with E-state index in [2.05, 4.69) is 23.7 Å². The van der Waals surface area contributed by atoms with Crippen LogP contribution in [0.1, 0.15) is 20.3 Å². The van der Waals surface area contributed by atoms with Crippen molar-refractivity contribution in [2.75, 3.05) is 26.2 Å². The lowest BCUT2D eigenvalue weighted by atomic mass is 10.2. The molecule has 20 heavy (non-hydrogen) atoms. The highest BCUT2D eigenvalue weighted by molar-refractivity contribution is 6.31. The second kappa shape index (κ2) is 7.46. The molecule has 1 aromatic carbocycles. The number of hydrogen-bond donors (Lipinski definition) is 0. The van der Waals surface area contributed by atoms with Crippen molar-refractivity contribution < 1.29 is 4.74 Å². The van der Waals surface area contributed by atoms with Gasteiger partial charge in [-0.25, -0.2) is 4.98 Å². The van der Waals surface area contributed by atoms with E-state index in [4.69, 9.17) is 16.3 Å². The van der Waals surface area contributed by atoms with Crippen LogP contribution in [-0.2, 0) is 0 Å². The van der Waals surface area contributed by atoms with Crippen LogP contribution in [0.2, 0.25) is 5.02 Å². The van der Waals surface area contributed by atoms with Crippen molar-refractivity contribution in [3.8, 4) is 5.88 Å². The molecule has 0 atom stereocenters. The monoisotopic (exact) mass is 292 g/mol. The third kappa shape index (κ3) is 3.84. The smallest absolute Gasteiger partial charge is 0.221 e. The van der Waals surface area contributed by atoms with E-state index in [0.717, 1.165) is 36.8 Å². The van der Waals surface area contributed by atoms with E-state index in [1.807, 2.05) is 24.3 Å². The molecule has 0 aliphatic rings. The van der Waals surface area contributed by atoms with Gasteiger partial charge in [0.1, 0.15) is 0 Å². The van der Waals surface area contributed by atoms with Gasteiger partial charge in [-0.05, 0) is 43.1 Å². The number of halogens is 1. The van der Waals surface area contributed by atoms with Gasteiger partial charge >= 0.3 is 0 Å². The van der Waals surface area contributed by atoms with Gasteiger partial charge in [-0.15, -0.1) is 0 Å². The molecule has 0 aliphatic heterocycles. The molecule has 0 N–H and O–H groups in total. The van der Waals surface area contributed by atoms with Crippen molar-refractivity contribution in [2.45, 2.75) is 20.3 Å². The number of aromatic nitrogens is 1. The minimum absolute atomic E-state index is 0.671. The highest BCUT2D eigenvalue weighted by atomic mass is 35.5. The average molecular weight is 293 g/mol. The Morgan fingerprint density at radius 1 is 1.20 bits per heavy atom. The molecule has 2 aromatic rings. The van der Waals surface area contributed by atoms with Crippen LogP contribution >= 0.6 is 11.6 Å². The number of pyridine rings is 1. The molecule has 2 rings (SSSR count). The molecule has 0 fully saturated rings. The standard InChI is InChI=1S/C16H21ClN2O/c1-3-19(4-2)10-5-11-20-16-15-12-14(17)7-6-13(15)8-9-18-16/h6-9,12H,3-5,10-11H2,1-2H3. The molecule has 1 heterocycles. The minimum atomic E-state index is 0.671. The van der Waals surface area contributed by atoms with Crippen LogP contribution in [0.25, 0.3) is 10.8 Å². The van der Waals surface area contributed by atoms with E-state index >= 15 is 0 Å². The lowest BCUT2D eigenvalue weighted by molar-refractivity contribution is 0.246. The number of fused-ring (bicyclic) bond motifs is 1. The van der Waals surface area contributed by atoms with Crippen molar-refractivity contribution in [2.24, 2.45) is 0 Å². The van der Waals surface area contributed by atoms with E-state index in [1.165, 1.54) is 0 Å². The summed E-state index contributed by atoms with van der Waals surface area (Å²) in [5, 5.41) is 2.78. The Labute approximate surface area is 125 Å². The molecule has 3 nitrogen and oxygen atoms in total. The van der Waals surface area contributed by atoms with Crippen molar-refractivity contribution in [3.63, 3.8) is 0 Å². The second-order valence-corrected chi connectivity index (χ2v) is 5.15. The zero-order chi connectivity index (χ0) is 14.4. The SMILES string of the molecule is CCN(CC)CCCOc1nccc2ccc(Cl)cc12. The fraction of sp³-hybridized carbons (Fsp3) is 0.438. The fourth-order valence-electron chi connectivity index (χ4n) is 2.23. The number of rotatable bonds is 7. The third-order valence-corrected chi connectivity index (χ3v) is 3.68. The summed E-state index contributed by atoms with van der Waals surface area (Å²) in [5.74, 6) is 0.671. The van der Waals surface area contributed by atoms with E-state index in [-0.39, 0.29) is 0 Å². The van der Waals surface area contributed by atoms with Crippen molar-refractivity contribution in [3.05, 3.63) is 35.5 Å². The van der Waals surface area contributed by atoms with Crippen LogP contribution in [-0.4, -0.2) is 36.1 Å². The van der Waals surface area contributed by atoms with E-state index in [0.29, 0.717) is 17.5 Å². The summed E-state index contributed by atoms with van der Waals surface area (Å²) in [7, 11) is 0. The van der Waals surface area contributed by atoms with Crippen LogP contribution < -0.4 is 4.74 Å². The first-order valence-electron chi connectivity index (χ1n) is 7.14. The molecular formula is C16H21ClN2O. The molecule has 0 aliphatic carbocycles. The Kier molecular flexibility index (Phi) is 5.62. The maximum atomic E-state index is 6.04. The first kappa shape index (κ1) is 15.1. The highest BCUT2D eigenvalue weighted by Gasteiger charge is 2.05. The van der Waals surface area contributed by atoms with Crippen LogP contribution in [0.15, 0.2) is 30.5 Å². The fourth-order valence-corrected chi connectivity index (χ4v) is 2.40. The maximum Gasteiger partial charge on any atom is 0.221 e. The van der Waals surface area contributed by atoms with Gasteiger partial charge in [-0.1, -0.05) is 31.5 Å². The number of nitrogens with zero attached hydrogens (tertiary/aromatic N) is 2. The Morgan fingerprint density at radius 3 is 2.75 bits per heavy atom. The van der Waals surface area contributed by atoms with Gasteiger partial charge in [0.25, 0.3) is 0 Å². The first-order chi connectivity index (χ1) is 9.74. The normalized spacial score (nSPS) is 11.2. The van der Waals surface area contributed by atoms with Gasteiger partial charge < -0.3 is 9.64 Å². The number of benzene rings is 1. The van der Waals surface area contributed by atoms with E-state index in [1.54, 1.807) is 6.20 Å². The Morgan fingerprint density at radius 2 is 2.00 bits per heavy atom. The quantitative estimate of drug-likeness (QED) is 0.721. The molecule has 0 radical (unpaired) electrons. The van der Waals surface area contributed by atoms with E-state index in [9.17, 15) is 0 Å². The topological polar surface area (TPSA) is 25.4 Å². The molecule has 0 saturated heterocycles. The molecule has 0 amide bonds. The largest absolute Gasteiger partial charge is 0.477 e. The average Bonchev–Trinajstić information content (AvgIpc) is 2.47. The van der Waals surface area contributed by atoms with Gasteiger partial charge in [0, 0.05) is 23.2 Å². The molecule has 4 heteroatoms. The zero-order valence-electron chi connectivity index (χ0n) is 12.1. The molecule has 0 bridgehead atoms. The summed E-state index contributed by atoms with van der Waals surface area (Å²) < 4.78 is 5.82. The predicted molar refractivity (Wildman–Crippen MR) is 84.7 cm³/mol. The lowest BCUT2D eigenvalue weighted by Crippen LogP contribution is -2.25. The van der Waals surface area contributed by atoms with Crippen LogP contribution in [0.4, 0.5) is 0 Å². The third-order valence-electron chi connectivity index (χ3n) is 3.44. The van der Waals surface area contributed by atoms with Crippen molar-refractivity contribution in [1.29, 1.82) is 0 Å². The van der Waals surface area contributed by atoms with Crippen LogP contribution in [0.5, 0.6) is 5.88 Å². The van der Waals surface area contributed by atoms with E-state index < -0.39 is 0 Å². The summed E-state index contributed by atoms with van der Waals surface area (Å²) in [4.78, 5) is 6.70. The number of ether oxygens (including phenoxy) is 1. The van der Waals surface area contributed by atoms with Crippen LogP contribution in [0.3, 0.4) is 0 Å². The molecule has 0 unspecified atom stereocenters. The summed E-state index contributed by atoms with van der Waals surface area (Å²) in [5.41, 5.74) is 0. The van der Waals surface area contributed by atoms with Crippen molar-refractivity contribution in [1.82, 2.24) is 9.88 Å².